The SMILES string of the molecule is CCCCCNC(=O)c1cccc(N)c1OC. The highest BCUT2D eigenvalue weighted by Crippen LogP contribution is 2.25. The van der Waals surface area contributed by atoms with E-state index in [1.807, 2.05) is 0 Å². The molecule has 4 nitrogen and oxygen atoms in total. The molecule has 17 heavy (non-hydrogen) atoms. The van der Waals surface area contributed by atoms with Gasteiger partial charge in [-0.1, -0.05) is 25.8 Å². The number of methoxy groups -OCH3 is 1. The third kappa shape index (κ3) is 3.66. The Morgan fingerprint density at radius 1 is 1.41 bits per heavy atom. The van der Waals surface area contributed by atoms with Crippen molar-refractivity contribution in [2.75, 3.05) is 19.4 Å². The lowest BCUT2D eigenvalue weighted by Crippen LogP contribution is -2.25. The fourth-order valence-electron chi connectivity index (χ4n) is 1.63. The standard InChI is InChI=1S/C13H20N2O2/c1-3-4-5-9-15-13(16)10-7-6-8-11(14)12(10)17-2/h6-8H,3-5,9,14H2,1-2H3,(H,15,16). The molecular weight excluding hydrogens is 216 g/mol. The highest BCUT2D eigenvalue weighted by Gasteiger charge is 2.13. The lowest BCUT2D eigenvalue weighted by molar-refractivity contribution is 0.0950. The lowest BCUT2D eigenvalue weighted by atomic mass is 10.1. The molecule has 0 fully saturated rings. The van der Waals surface area contributed by atoms with Gasteiger partial charge >= 0.3 is 0 Å². The Morgan fingerprint density at radius 3 is 2.82 bits per heavy atom. The van der Waals surface area contributed by atoms with Gasteiger partial charge in [0, 0.05) is 6.54 Å². The molecule has 0 spiro atoms. The molecule has 94 valence electrons. The van der Waals surface area contributed by atoms with E-state index in [1.54, 1.807) is 18.2 Å². The first kappa shape index (κ1) is 13.4. The van der Waals surface area contributed by atoms with Crippen molar-refractivity contribution in [2.24, 2.45) is 0 Å². The van der Waals surface area contributed by atoms with Gasteiger partial charge in [-0.15, -0.1) is 0 Å². The Bertz CT molecular complexity index is 378. The Balaban J connectivity index is 2.65. The number of amides is 1. The summed E-state index contributed by atoms with van der Waals surface area (Å²) in [4.78, 5) is 11.9. The van der Waals surface area contributed by atoms with Crippen molar-refractivity contribution in [1.29, 1.82) is 0 Å². The van der Waals surface area contributed by atoms with Crippen LogP contribution < -0.4 is 15.8 Å². The van der Waals surface area contributed by atoms with Crippen molar-refractivity contribution in [2.45, 2.75) is 26.2 Å². The van der Waals surface area contributed by atoms with E-state index < -0.39 is 0 Å². The molecule has 0 aliphatic carbocycles. The molecule has 0 radical (unpaired) electrons. The maximum atomic E-state index is 11.9. The molecule has 0 unspecified atom stereocenters. The van der Waals surface area contributed by atoms with Gasteiger partial charge in [0.1, 0.15) is 0 Å². The zero-order chi connectivity index (χ0) is 12.7. The monoisotopic (exact) mass is 236 g/mol. The fourth-order valence-corrected chi connectivity index (χ4v) is 1.63. The number of hydrogen-bond acceptors (Lipinski definition) is 3. The zero-order valence-corrected chi connectivity index (χ0v) is 10.5. The summed E-state index contributed by atoms with van der Waals surface area (Å²) >= 11 is 0. The minimum Gasteiger partial charge on any atom is -0.494 e. The Kier molecular flexibility index (Phi) is 5.33. The van der Waals surface area contributed by atoms with Gasteiger partial charge in [-0.2, -0.15) is 0 Å². The highest BCUT2D eigenvalue weighted by atomic mass is 16.5. The molecular formula is C13H20N2O2. The van der Waals surface area contributed by atoms with Crippen LogP contribution >= 0.6 is 0 Å². The number of benzene rings is 1. The Hall–Kier alpha value is -1.71. The van der Waals surface area contributed by atoms with Crippen LogP contribution in [0.25, 0.3) is 0 Å². The summed E-state index contributed by atoms with van der Waals surface area (Å²) in [7, 11) is 1.51. The van der Waals surface area contributed by atoms with E-state index in [9.17, 15) is 4.79 Å². The van der Waals surface area contributed by atoms with E-state index in [1.165, 1.54) is 7.11 Å². The molecule has 0 bridgehead atoms. The van der Waals surface area contributed by atoms with Gasteiger partial charge in [0.2, 0.25) is 0 Å². The number of nitrogen functional groups attached to an aromatic ring is 1. The van der Waals surface area contributed by atoms with Crippen LogP contribution in [0.1, 0.15) is 36.5 Å². The largest absolute Gasteiger partial charge is 0.494 e. The van der Waals surface area contributed by atoms with Crippen LogP contribution in [-0.4, -0.2) is 19.6 Å². The van der Waals surface area contributed by atoms with Crippen LogP contribution in [0.5, 0.6) is 5.75 Å². The van der Waals surface area contributed by atoms with Crippen molar-refractivity contribution in [1.82, 2.24) is 5.32 Å². The Morgan fingerprint density at radius 2 is 2.18 bits per heavy atom. The molecule has 0 aromatic heterocycles. The van der Waals surface area contributed by atoms with Crippen molar-refractivity contribution in [3.63, 3.8) is 0 Å². The topological polar surface area (TPSA) is 64.4 Å². The van der Waals surface area contributed by atoms with Gasteiger partial charge in [0.25, 0.3) is 5.91 Å². The molecule has 1 aromatic rings. The first-order valence-electron chi connectivity index (χ1n) is 5.91. The number of carbonyl (C=O) groups excluding carboxylic acids is 1. The molecule has 0 heterocycles. The number of unbranched alkanes of at least 4 members (excludes halogenated alkanes) is 2. The summed E-state index contributed by atoms with van der Waals surface area (Å²) in [5.41, 5.74) is 6.71. The number of nitrogens with two attached hydrogens (primary N) is 1. The predicted octanol–water partition coefficient (Wildman–Crippen LogP) is 2.20. The lowest BCUT2D eigenvalue weighted by Gasteiger charge is -2.10. The summed E-state index contributed by atoms with van der Waals surface area (Å²) in [6.45, 7) is 2.81. The third-order valence-corrected chi connectivity index (χ3v) is 2.56. The van der Waals surface area contributed by atoms with Crippen LogP contribution in [0, 0.1) is 0 Å². The van der Waals surface area contributed by atoms with Gasteiger partial charge in [0.15, 0.2) is 5.75 Å². The fraction of sp³-hybridized carbons (Fsp3) is 0.462. The normalized spacial score (nSPS) is 10.0. The number of rotatable bonds is 6. The van der Waals surface area contributed by atoms with Crippen molar-refractivity contribution >= 4 is 11.6 Å². The van der Waals surface area contributed by atoms with E-state index in [-0.39, 0.29) is 5.91 Å². The smallest absolute Gasteiger partial charge is 0.255 e. The molecule has 0 aliphatic heterocycles. The Labute approximate surface area is 102 Å². The average molecular weight is 236 g/mol. The summed E-state index contributed by atoms with van der Waals surface area (Å²) < 4.78 is 5.14. The van der Waals surface area contributed by atoms with Crippen molar-refractivity contribution in [3.8, 4) is 5.75 Å². The van der Waals surface area contributed by atoms with Crippen LogP contribution in [0.15, 0.2) is 18.2 Å². The highest BCUT2D eigenvalue weighted by molar-refractivity contribution is 5.98. The number of ether oxygens (including phenoxy) is 1. The summed E-state index contributed by atoms with van der Waals surface area (Å²) in [6.07, 6.45) is 3.25. The molecule has 0 aliphatic rings. The van der Waals surface area contributed by atoms with Gasteiger partial charge in [-0.3, -0.25) is 4.79 Å². The predicted molar refractivity (Wildman–Crippen MR) is 69.3 cm³/mol. The van der Waals surface area contributed by atoms with Crippen LogP contribution in [0.2, 0.25) is 0 Å². The molecule has 3 N–H and O–H groups in total. The van der Waals surface area contributed by atoms with E-state index >= 15 is 0 Å². The second kappa shape index (κ2) is 6.78. The van der Waals surface area contributed by atoms with Crippen LogP contribution in [0.3, 0.4) is 0 Å². The van der Waals surface area contributed by atoms with E-state index in [4.69, 9.17) is 10.5 Å². The molecule has 1 aromatic carbocycles. The molecule has 4 heteroatoms. The van der Waals surface area contributed by atoms with E-state index in [2.05, 4.69) is 12.2 Å². The molecule has 1 amide bonds. The second-order valence-electron chi connectivity index (χ2n) is 3.89. The van der Waals surface area contributed by atoms with E-state index in [0.29, 0.717) is 23.5 Å². The summed E-state index contributed by atoms with van der Waals surface area (Å²) in [6, 6.07) is 5.18. The maximum absolute atomic E-state index is 11.9. The van der Waals surface area contributed by atoms with Crippen LogP contribution in [-0.2, 0) is 0 Å². The first-order chi connectivity index (χ1) is 8.20. The molecule has 0 atom stereocenters. The van der Waals surface area contributed by atoms with E-state index in [0.717, 1.165) is 19.3 Å². The number of anilines is 1. The quantitative estimate of drug-likeness (QED) is 0.588. The first-order valence-corrected chi connectivity index (χ1v) is 5.91. The van der Waals surface area contributed by atoms with Gasteiger partial charge in [0.05, 0.1) is 18.4 Å². The zero-order valence-electron chi connectivity index (χ0n) is 10.5. The molecule has 1 rings (SSSR count). The summed E-state index contributed by atoms with van der Waals surface area (Å²) in [5.74, 6) is 0.311. The minimum absolute atomic E-state index is 0.134. The molecule has 0 saturated heterocycles. The number of hydrogen-bond donors (Lipinski definition) is 2. The maximum Gasteiger partial charge on any atom is 0.255 e. The summed E-state index contributed by atoms with van der Waals surface area (Å²) in [5, 5.41) is 2.86. The second-order valence-corrected chi connectivity index (χ2v) is 3.89. The van der Waals surface area contributed by atoms with Crippen LogP contribution in [0.4, 0.5) is 5.69 Å². The van der Waals surface area contributed by atoms with Gasteiger partial charge < -0.3 is 15.8 Å². The van der Waals surface area contributed by atoms with Gasteiger partial charge in [-0.25, -0.2) is 0 Å². The van der Waals surface area contributed by atoms with Crippen molar-refractivity contribution < 1.29 is 9.53 Å². The number of nitrogens with one attached hydrogen (secondary N) is 1. The average Bonchev–Trinajstić information content (AvgIpc) is 2.34. The third-order valence-electron chi connectivity index (χ3n) is 2.56. The minimum atomic E-state index is -0.134. The van der Waals surface area contributed by atoms with Gasteiger partial charge in [-0.05, 0) is 18.6 Å². The number of para-hydroxylation sites is 1. The molecule has 0 saturated carbocycles. The number of carbonyl (C=O) groups is 1. The van der Waals surface area contributed by atoms with Crippen molar-refractivity contribution in [3.05, 3.63) is 23.8 Å².